The third-order valence-corrected chi connectivity index (χ3v) is 7.98. The number of aromatic carboxylic acids is 1. The Morgan fingerprint density at radius 3 is 2.40 bits per heavy atom. The van der Waals surface area contributed by atoms with Crippen molar-refractivity contribution in [2.75, 3.05) is 36.5 Å². The number of urea groups is 1. The van der Waals surface area contributed by atoms with Crippen LogP contribution in [0.5, 0.6) is 0 Å². The molecule has 12 heteroatoms. The highest BCUT2D eigenvalue weighted by Crippen LogP contribution is 2.39. The van der Waals surface area contributed by atoms with Crippen LogP contribution in [-0.4, -0.2) is 64.0 Å². The van der Waals surface area contributed by atoms with Crippen LogP contribution in [0.3, 0.4) is 0 Å². The Morgan fingerprint density at radius 1 is 1.00 bits per heavy atom. The minimum atomic E-state index is -1.02. The van der Waals surface area contributed by atoms with E-state index >= 15 is 0 Å². The molecule has 3 aromatic carbocycles. The number of hydrogen-bond donors (Lipinski definition) is 2. The first-order valence-electron chi connectivity index (χ1n) is 13.1. The van der Waals surface area contributed by atoms with E-state index in [2.05, 4.69) is 10.4 Å². The first-order chi connectivity index (χ1) is 20.2. The van der Waals surface area contributed by atoms with Crippen LogP contribution < -0.4 is 10.2 Å². The van der Waals surface area contributed by atoms with E-state index in [9.17, 15) is 19.5 Å². The van der Waals surface area contributed by atoms with Gasteiger partial charge in [0, 0.05) is 37.5 Å². The number of anilines is 2. The maximum atomic E-state index is 13.6. The highest BCUT2D eigenvalue weighted by atomic mass is 35.5. The van der Waals surface area contributed by atoms with E-state index in [4.69, 9.17) is 27.9 Å². The number of carboxylic acid groups (broad SMARTS) is 1. The molecule has 0 spiro atoms. The fourth-order valence-electron chi connectivity index (χ4n) is 5.30. The van der Waals surface area contributed by atoms with Crippen molar-refractivity contribution < 1.29 is 24.2 Å². The van der Waals surface area contributed by atoms with E-state index in [1.165, 1.54) is 0 Å². The van der Waals surface area contributed by atoms with Gasteiger partial charge in [-0.1, -0.05) is 47.5 Å². The number of imide groups is 1. The molecule has 42 heavy (non-hydrogen) atoms. The van der Waals surface area contributed by atoms with Crippen LogP contribution in [0.2, 0.25) is 10.0 Å². The van der Waals surface area contributed by atoms with Gasteiger partial charge in [0.25, 0.3) is 5.91 Å². The van der Waals surface area contributed by atoms with Crippen molar-refractivity contribution in [2.24, 2.45) is 7.05 Å². The number of ether oxygens (including phenoxy) is 1. The molecular formula is C30H25Cl2N5O5. The number of halogens is 2. The highest BCUT2D eigenvalue weighted by molar-refractivity contribution is 6.40. The molecule has 10 nitrogen and oxygen atoms in total. The normalized spacial score (nSPS) is 14.9. The highest BCUT2D eigenvalue weighted by Gasteiger charge is 2.33. The molecule has 4 aromatic rings. The van der Waals surface area contributed by atoms with E-state index in [-0.39, 0.29) is 27.7 Å². The molecule has 3 amide bonds. The average molecular weight is 606 g/mol. The van der Waals surface area contributed by atoms with E-state index in [0.29, 0.717) is 54.4 Å². The lowest BCUT2D eigenvalue weighted by Crippen LogP contribution is -2.43. The van der Waals surface area contributed by atoms with Crippen molar-refractivity contribution in [3.63, 3.8) is 0 Å². The van der Waals surface area contributed by atoms with Crippen LogP contribution in [0.1, 0.15) is 26.3 Å². The summed E-state index contributed by atoms with van der Waals surface area (Å²) in [5.41, 5.74) is 4.96. The number of para-hydroxylation sites is 1. The number of fused-ring (bicyclic) bond motifs is 1. The number of nitrogens with one attached hydrogen (secondary N) is 1. The minimum absolute atomic E-state index is 0.00557. The van der Waals surface area contributed by atoms with Gasteiger partial charge in [0.2, 0.25) is 0 Å². The second-order valence-corrected chi connectivity index (χ2v) is 10.8. The number of carbonyl (C=O) groups excluding carboxylic acids is 2. The van der Waals surface area contributed by atoms with Crippen molar-refractivity contribution in [3.05, 3.63) is 87.7 Å². The zero-order valence-electron chi connectivity index (χ0n) is 22.4. The first kappa shape index (κ1) is 27.8. The Labute approximate surface area is 251 Å². The van der Waals surface area contributed by atoms with E-state index in [0.717, 1.165) is 16.0 Å². The predicted octanol–water partition coefficient (Wildman–Crippen LogP) is 5.78. The molecule has 2 aliphatic heterocycles. The summed E-state index contributed by atoms with van der Waals surface area (Å²) in [6.07, 6.45) is 3.46. The lowest BCUT2D eigenvalue weighted by molar-refractivity contribution is 0.0695. The molecule has 0 aliphatic carbocycles. The number of carbonyl (C=O) groups is 3. The molecule has 0 bridgehead atoms. The van der Waals surface area contributed by atoms with Crippen molar-refractivity contribution in [1.82, 2.24) is 14.7 Å². The maximum Gasteiger partial charge on any atom is 0.337 e. The lowest BCUT2D eigenvalue weighted by atomic mass is 9.96. The van der Waals surface area contributed by atoms with Crippen LogP contribution in [0.15, 0.2) is 60.9 Å². The van der Waals surface area contributed by atoms with Crippen molar-refractivity contribution >= 4 is 52.5 Å². The molecule has 2 aliphatic rings. The zero-order chi connectivity index (χ0) is 29.5. The van der Waals surface area contributed by atoms with Crippen molar-refractivity contribution in [1.29, 1.82) is 0 Å². The SMILES string of the molecule is Cn1cc(-c2cc(Cl)c(C(=O)N3Cc4cccc(-c5ccc(C(=O)O)c(N6CCOCC6)c5)c4NC3=O)c(Cl)c2)cn1. The number of carboxylic acids is 1. The third kappa shape index (κ3) is 5.09. The Bertz CT molecular complexity index is 1720. The molecule has 2 N–H and O–H groups in total. The molecule has 0 saturated carbocycles. The largest absolute Gasteiger partial charge is 0.478 e. The smallest absolute Gasteiger partial charge is 0.337 e. The van der Waals surface area contributed by atoms with E-state index < -0.39 is 17.9 Å². The van der Waals surface area contributed by atoms with Crippen LogP contribution in [0.4, 0.5) is 16.2 Å². The van der Waals surface area contributed by atoms with Crippen molar-refractivity contribution in [2.45, 2.75) is 6.54 Å². The zero-order valence-corrected chi connectivity index (χ0v) is 23.9. The summed E-state index contributed by atoms with van der Waals surface area (Å²) in [6.45, 7) is 2.14. The van der Waals surface area contributed by atoms with Gasteiger partial charge in [0.15, 0.2) is 0 Å². The second kappa shape index (κ2) is 11.1. The van der Waals surface area contributed by atoms with Crippen LogP contribution in [0, 0.1) is 0 Å². The van der Waals surface area contributed by atoms with Gasteiger partial charge >= 0.3 is 12.0 Å². The molecule has 1 aromatic heterocycles. The predicted molar refractivity (Wildman–Crippen MR) is 159 cm³/mol. The second-order valence-electron chi connectivity index (χ2n) is 10.0. The number of aromatic nitrogens is 2. The van der Waals surface area contributed by atoms with Gasteiger partial charge in [-0.3, -0.25) is 14.4 Å². The molecule has 6 rings (SSSR count). The van der Waals surface area contributed by atoms with Gasteiger partial charge in [0.05, 0.1) is 58.5 Å². The number of nitrogens with zero attached hydrogens (tertiary/aromatic N) is 4. The number of morpholine rings is 1. The average Bonchev–Trinajstić information content (AvgIpc) is 3.42. The van der Waals surface area contributed by atoms with Crippen LogP contribution >= 0.6 is 23.2 Å². The van der Waals surface area contributed by atoms with Gasteiger partial charge in [-0.15, -0.1) is 0 Å². The lowest BCUT2D eigenvalue weighted by Gasteiger charge is -2.31. The molecule has 0 radical (unpaired) electrons. The van der Waals surface area contributed by atoms with Gasteiger partial charge in [-0.2, -0.15) is 5.10 Å². The molecule has 3 heterocycles. The summed E-state index contributed by atoms with van der Waals surface area (Å²) in [5, 5.41) is 17.0. The van der Waals surface area contributed by atoms with E-state index in [1.54, 1.807) is 48.4 Å². The summed E-state index contributed by atoms with van der Waals surface area (Å²) < 4.78 is 7.08. The molecular weight excluding hydrogens is 581 g/mol. The summed E-state index contributed by atoms with van der Waals surface area (Å²) in [7, 11) is 1.79. The van der Waals surface area contributed by atoms with Crippen molar-refractivity contribution in [3.8, 4) is 22.3 Å². The Morgan fingerprint density at radius 2 is 1.74 bits per heavy atom. The number of aryl methyl sites for hydroxylation is 1. The fourth-order valence-corrected chi connectivity index (χ4v) is 5.94. The van der Waals surface area contributed by atoms with E-state index in [1.807, 2.05) is 29.2 Å². The summed E-state index contributed by atoms with van der Waals surface area (Å²) in [4.78, 5) is 41.9. The Hall–Kier alpha value is -4.38. The summed E-state index contributed by atoms with van der Waals surface area (Å²) >= 11 is 13.1. The number of amides is 3. The Kier molecular flexibility index (Phi) is 7.36. The number of rotatable bonds is 5. The fraction of sp³-hybridized carbons (Fsp3) is 0.200. The van der Waals surface area contributed by atoms with Gasteiger partial charge in [0.1, 0.15) is 0 Å². The summed E-state index contributed by atoms with van der Waals surface area (Å²) in [5.74, 6) is -1.65. The molecule has 0 unspecified atom stereocenters. The van der Waals surface area contributed by atoms with Crippen LogP contribution in [0.25, 0.3) is 22.3 Å². The van der Waals surface area contributed by atoms with Gasteiger partial charge in [-0.25, -0.2) is 9.59 Å². The molecule has 1 fully saturated rings. The topological polar surface area (TPSA) is 117 Å². The molecule has 214 valence electrons. The first-order valence-corrected chi connectivity index (χ1v) is 13.9. The standard InChI is InChI=1S/C30H25Cl2N5O5/c1-35-15-20(14-33-35)19-11-23(31)26(24(32)12-19)28(38)37-16-18-3-2-4-21(27(18)34-30(37)41)17-5-6-22(29(39)40)25(13-17)36-7-9-42-10-8-36/h2-6,11-15H,7-10,16H2,1H3,(H,34,41)(H,39,40). The minimum Gasteiger partial charge on any atom is -0.478 e. The molecule has 0 atom stereocenters. The number of hydrogen-bond acceptors (Lipinski definition) is 6. The number of benzene rings is 3. The molecule has 1 saturated heterocycles. The van der Waals surface area contributed by atoms with Gasteiger partial charge < -0.3 is 20.1 Å². The summed E-state index contributed by atoms with van der Waals surface area (Å²) in [6, 6.07) is 13.2. The quantitative estimate of drug-likeness (QED) is 0.296. The third-order valence-electron chi connectivity index (χ3n) is 7.39. The maximum absolute atomic E-state index is 13.6. The van der Waals surface area contributed by atoms with Gasteiger partial charge in [-0.05, 0) is 41.0 Å². The van der Waals surface area contributed by atoms with Crippen LogP contribution in [-0.2, 0) is 18.3 Å². The Balaban J connectivity index is 1.32. The monoisotopic (exact) mass is 605 g/mol.